The van der Waals surface area contributed by atoms with Crippen molar-refractivity contribution < 1.29 is 38.2 Å². The summed E-state index contributed by atoms with van der Waals surface area (Å²) in [6, 6.07) is 21.4. The summed E-state index contributed by atoms with van der Waals surface area (Å²) in [5.41, 5.74) is 14.5. The molecule has 6 aromatic rings. The van der Waals surface area contributed by atoms with Gasteiger partial charge in [-0.05, 0) is 78.2 Å². The van der Waals surface area contributed by atoms with Gasteiger partial charge in [-0.1, -0.05) is 24.3 Å². The van der Waals surface area contributed by atoms with Gasteiger partial charge in [-0.25, -0.2) is 39.3 Å². The number of amides is 4. The summed E-state index contributed by atoms with van der Waals surface area (Å²) in [6.07, 6.45) is 5.58. The molecular weight excluding hydrogens is 708 g/mol. The SMILES string of the molecule is Nc1cnc(OC(=O)c2ccc3c(c2)C(=O)N(c2ccc(Cc4ccc(N5C(=O)c6ccc(C(=O)Oc7ncc(N)cn7)cc6C5=O)cc4)cc2)C3=O)nc1. The minimum absolute atomic E-state index is 0.0320. The van der Waals surface area contributed by atoms with E-state index in [0.717, 1.165) is 20.9 Å². The van der Waals surface area contributed by atoms with Gasteiger partial charge in [0.1, 0.15) is 0 Å². The molecule has 8 rings (SSSR count). The number of hydrogen-bond donors (Lipinski definition) is 2. The Morgan fingerprint density at radius 1 is 0.491 bits per heavy atom. The molecule has 0 saturated heterocycles. The standard InChI is InChI=1S/C39H24N8O8/c40-24-16-42-38(43-17-24)54-36(52)22-5-11-28-30(14-22)34(50)46(32(28)48)26-7-1-20(2-8-26)13-21-3-9-27(10-4-21)47-33(49)29-12-6-23(15-31(29)35(47)51)37(53)55-39-44-18-25(41)19-45-39/h1-12,14-19H,13,40-41H2. The number of benzene rings is 4. The van der Waals surface area contributed by atoms with E-state index in [0.29, 0.717) is 29.2 Å². The minimum Gasteiger partial charge on any atom is -0.396 e. The van der Waals surface area contributed by atoms with Gasteiger partial charge < -0.3 is 20.9 Å². The second-order valence-electron chi connectivity index (χ2n) is 12.3. The molecule has 0 unspecified atom stereocenters. The van der Waals surface area contributed by atoms with Gasteiger partial charge in [-0.2, -0.15) is 0 Å². The van der Waals surface area contributed by atoms with Crippen molar-refractivity contribution in [1.82, 2.24) is 19.9 Å². The van der Waals surface area contributed by atoms with Crippen molar-refractivity contribution in [3.63, 3.8) is 0 Å². The van der Waals surface area contributed by atoms with Crippen LogP contribution in [-0.4, -0.2) is 55.5 Å². The first-order valence-corrected chi connectivity index (χ1v) is 16.4. The lowest BCUT2D eigenvalue weighted by atomic mass is 10.0. The van der Waals surface area contributed by atoms with Crippen LogP contribution in [0.5, 0.6) is 12.0 Å². The Balaban J connectivity index is 0.918. The van der Waals surface area contributed by atoms with E-state index in [4.69, 9.17) is 20.9 Å². The topological polar surface area (TPSA) is 231 Å². The third-order valence-corrected chi connectivity index (χ3v) is 8.71. The second-order valence-corrected chi connectivity index (χ2v) is 12.3. The van der Waals surface area contributed by atoms with E-state index in [1.807, 2.05) is 0 Å². The van der Waals surface area contributed by atoms with Gasteiger partial charge in [0.2, 0.25) is 0 Å². The molecule has 16 heteroatoms. The van der Waals surface area contributed by atoms with Crippen LogP contribution >= 0.6 is 0 Å². The zero-order chi connectivity index (χ0) is 38.4. The second kappa shape index (κ2) is 13.4. The van der Waals surface area contributed by atoms with Crippen LogP contribution in [0.15, 0.2) is 110 Å². The first-order valence-electron chi connectivity index (χ1n) is 16.4. The summed E-state index contributed by atoms with van der Waals surface area (Å²) in [4.78, 5) is 96.0. The number of carbonyl (C=O) groups excluding carboxylic acids is 6. The van der Waals surface area contributed by atoms with Crippen molar-refractivity contribution in [2.75, 3.05) is 21.3 Å². The Hall–Kier alpha value is -8.14. The molecule has 4 amide bonds. The Kier molecular flexibility index (Phi) is 8.30. The third-order valence-electron chi connectivity index (χ3n) is 8.71. The Bertz CT molecular complexity index is 2410. The fourth-order valence-corrected chi connectivity index (χ4v) is 6.01. The number of ether oxygens (including phenoxy) is 2. The van der Waals surface area contributed by atoms with Crippen molar-refractivity contribution in [2.24, 2.45) is 0 Å². The fraction of sp³-hybridized carbons (Fsp3) is 0.0256. The molecule has 2 aliphatic heterocycles. The zero-order valence-corrected chi connectivity index (χ0v) is 28.2. The van der Waals surface area contributed by atoms with Crippen LogP contribution in [0.1, 0.15) is 73.3 Å². The normalized spacial score (nSPS) is 13.2. The zero-order valence-electron chi connectivity index (χ0n) is 28.2. The lowest BCUT2D eigenvalue weighted by Gasteiger charge is -2.15. The molecule has 4 N–H and O–H groups in total. The molecule has 0 fully saturated rings. The summed E-state index contributed by atoms with van der Waals surface area (Å²) < 4.78 is 10.3. The molecule has 0 atom stereocenters. The maximum absolute atomic E-state index is 13.4. The van der Waals surface area contributed by atoms with Crippen LogP contribution in [-0.2, 0) is 6.42 Å². The maximum atomic E-state index is 13.4. The van der Waals surface area contributed by atoms with Crippen LogP contribution in [0.2, 0.25) is 0 Å². The number of rotatable bonds is 8. The van der Waals surface area contributed by atoms with E-state index >= 15 is 0 Å². The predicted molar refractivity (Wildman–Crippen MR) is 194 cm³/mol. The van der Waals surface area contributed by atoms with Crippen molar-refractivity contribution in [3.05, 3.63) is 154 Å². The summed E-state index contributed by atoms with van der Waals surface area (Å²) >= 11 is 0. The summed E-state index contributed by atoms with van der Waals surface area (Å²) in [5, 5.41) is 0. The number of nitrogens with two attached hydrogens (primary N) is 2. The van der Waals surface area contributed by atoms with Crippen molar-refractivity contribution in [1.29, 1.82) is 0 Å². The van der Waals surface area contributed by atoms with Gasteiger partial charge in [0.05, 0.1) is 80.9 Å². The third kappa shape index (κ3) is 6.35. The smallest absolute Gasteiger partial charge is 0.345 e. The van der Waals surface area contributed by atoms with Crippen molar-refractivity contribution >= 4 is 58.3 Å². The molecule has 0 bridgehead atoms. The number of nitrogens with zero attached hydrogens (tertiary/aromatic N) is 6. The molecule has 4 aromatic carbocycles. The number of fused-ring (bicyclic) bond motifs is 2. The van der Waals surface area contributed by atoms with Gasteiger partial charge in [0.25, 0.3) is 23.6 Å². The summed E-state index contributed by atoms with van der Waals surface area (Å²) in [6.45, 7) is 0. The van der Waals surface area contributed by atoms with Gasteiger partial charge >= 0.3 is 24.0 Å². The number of nitrogen functional groups attached to an aromatic ring is 2. The molecule has 268 valence electrons. The highest BCUT2D eigenvalue weighted by Gasteiger charge is 2.38. The predicted octanol–water partition coefficient (Wildman–Crippen LogP) is 4.06. The average Bonchev–Trinajstić information content (AvgIpc) is 3.60. The van der Waals surface area contributed by atoms with E-state index in [1.165, 1.54) is 61.2 Å². The Labute approximate surface area is 310 Å². The highest BCUT2D eigenvalue weighted by Crippen LogP contribution is 2.32. The summed E-state index contributed by atoms with van der Waals surface area (Å²) in [7, 11) is 0. The van der Waals surface area contributed by atoms with Crippen molar-refractivity contribution in [2.45, 2.75) is 6.42 Å². The first-order chi connectivity index (χ1) is 26.5. The van der Waals surface area contributed by atoms with Gasteiger partial charge in [-0.3, -0.25) is 19.2 Å². The summed E-state index contributed by atoms with van der Waals surface area (Å²) in [5.74, 6) is -3.90. The number of imide groups is 2. The number of carbonyl (C=O) groups is 6. The molecule has 0 radical (unpaired) electrons. The van der Waals surface area contributed by atoms with E-state index in [9.17, 15) is 28.8 Å². The molecule has 0 aliphatic carbocycles. The largest absolute Gasteiger partial charge is 0.396 e. The lowest BCUT2D eigenvalue weighted by molar-refractivity contribution is 0.0709. The molecule has 0 saturated carbocycles. The van der Waals surface area contributed by atoms with Crippen LogP contribution in [0.25, 0.3) is 0 Å². The van der Waals surface area contributed by atoms with Gasteiger partial charge in [0, 0.05) is 0 Å². The highest BCUT2D eigenvalue weighted by atomic mass is 16.6. The molecule has 55 heavy (non-hydrogen) atoms. The molecular formula is C39H24N8O8. The Morgan fingerprint density at radius 3 is 1.20 bits per heavy atom. The van der Waals surface area contributed by atoms with Crippen LogP contribution < -0.4 is 30.7 Å². The van der Waals surface area contributed by atoms with Gasteiger partial charge in [0.15, 0.2) is 0 Å². The maximum Gasteiger partial charge on any atom is 0.345 e. The van der Waals surface area contributed by atoms with E-state index < -0.39 is 35.6 Å². The van der Waals surface area contributed by atoms with E-state index in [-0.39, 0.29) is 45.4 Å². The van der Waals surface area contributed by atoms with E-state index in [1.54, 1.807) is 48.5 Å². The van der Waals surface area contributed by atoms with Crippen LogP contribution in [0.3, 0.4) is 0 Å². The monoisotopic (exact) mass is 732 g/mol. The average molecular weight is 733 g/mol. The molecule has 4 heterocycles. The molecule has 2 aliphatic rings. The first kappa shape index (κ1) is 34.0. The van der Waals surface area contributed by atoms with Crippen LogP contribution in [0.4, 0.5) is 22.7 Å². The van der Waals surface area contributed by atoms with Crippen LogP contribution in [0, 0.1) is 0 Å². The van der Waals surface area contributed by atoms with E-state index in [2.05, 4.69) is 19.9 Å². The molecule has 2 aromatic heterocycles. The Morgan fingerprint density at radius 2 is 0.836 bits per heavy atom. The highest BCUT2D eigenvalue weighted by molar-refractivity contribution is 6.35. The lowest BCUT2D eigenvalue weighted by Crippen LogP contribution is -2.29. The van der Waals surface area contributed by atoms with Gasteiger partial charge in [-0.15, -0.1) is 0 Å². The quantitative estimate of drug-likeness (QED) is 0.166. The number of aromatic nitrogens is 4. The number of hydrogen-bond acceptors (Lipinski definition) is 14. The molecule has 0 spiro atoms. The fourth-order valence-electron chi connectivity index (χ4n) is 6.01. The number of esters is 2. The molecule has 16 nitrogen and oxygen atoms in total. The number of anilines is 4. The minimum atomic E-state index is -0.812. The van der Waals surface area contributed by atoms with Crippen molar-refractivity contribution in [3.8, 4) is 12.0 Å².